The highest BCUT2D eigenvalue weighted by Gasteiger charge is 2.12. The maximum atomic E-state index is 12.5. The summed E-state index contributed by atoms with van der Waals surface area (Å²) < 4.78 is 5.07. The fraction of sp³-hybridized carbons (Fsp3) is 0.600. The first-order valence-corrected chi connectivity index (χ1v) is 9.54. The van der Waals surface area contributed by atoms with Crippen LogP contribution in [0.5, 0.6) is 0 Å². The van der Waals surface area contributed by atoms with Crippen LogP contribution in [0.1, 0.15) is 18.9 Å². The minimum absolute atomic E-state index is 0.0565. The molecule has 0 radical (unpaired) electrons. The molecule has 0 bridgehead atoms. The van der Waals surface area contributed by atoms with E-state index < -0.39 is 0 Å². The van der Waals surface area contributed by atoms with Gasteiger partial charge in [0.15, 0.2) is 5.96 Å². The van der Waals surface area contributed by atoms with Crippen molar-refractivity contribution in [1.82, 2.24) is 20.4 Å². The number of amides is 1. The highest BCUT2D eigenvalue weighted by molar-refractivity contribution is 5.86. The number of nitrogens with zero attached hydrogens (tertiary/aromatic N) is 3. The molecule has 7 heteroatoms. The molecule has 2 N–H and O–H groups in total. The summed E-state index contributed by atoms with van der Waals surface area (Å²) in [5.74, 6) is 0.699. The minimum Gasteiger partial charge on any atom is -0.385 e. The summed E-state index contributed by atoms with van der Waals surface area (Å²) in [5, 5.41) is 6.35. The highest BCUT2D eigenvalue weighted by Crippen LogP contribution is 2.04. The van der Waals surface area contributed by atoms with Crippen LogP contribution in [0.15, 0.2) is 35.3 Å². The fourth-order valence-corrected chi connectivity index (χ4v) is 2.63. The van der Waals surface area contributed by atoms with Gasteiger partial charge in [0.05, 0.1) is 6.54 Å². The number of likely N-dealkylation sites (N-methyl/N-ethyl adjacent to an activating group) is 2. The molecule has 0 aromatic heterocycles. The van der Waals surface area contributed by atoms with Crippen LogP contribution in [0.2, 0.25) is 0 Å². The molecule has 0 aliphatic heterocycles. The standard InChI is InChI=1S/C20H35N5O2/c1-5-25(17-18-10-7-6-8-11-18)19(26)16-23-20(21-2)22-12-14-24(3)13-9-15-27-4/h6-8,10-11H,5,9,12-17H2,1-4H3,(H2,21,22,23). The van der Waals surface area contributed by atoms with Crippen molar-refractivity contribution < 1.29 is 9.53 Å². The number of aliphatic imine (C=N–C) groups is 1. The van der Waals surface area contributed by atoms with E-state index in [1.54, 1.807) is 14.2 Å². The molecule has 27 heavy (non-hydrogen) atoms. The average Bonchev–Trinajstić information content (AvgIpc) is 2.69. The molecule has 152 valence electrons. The molecule has 0 atom stereocenters. The Morgan fingerprint density at radius 1 is 1.19 bits per heavy atom. The molecule has 0 aliphatic rings. The largest absolute Gasteiger partial charge is 0.385 e. The van der Waals surface area contributed by atoms with E-state index >= 15 is 0 Å². The zero-order valence-electron chi connectivity index (χ0n) is 17.2. The molecule has 0 unspecified atom stereocenters. The van der Waals surface area contributed by atoms with Crippen LogP contribution in [0, 0.1) is 0 Å². The number of guanidine groups is 1. The molecule has 1 aromatic carbocycles. The lowest BCUT2D eigenvalue weighted by atomic mass is 10.2. The normalized spacial score (nSPS) is 11.5. The zero-order valence-corrected chi connectivity index (χ0v) is 17.2. The van der Waals surface area contributed by atoms with Crippen molar-refractivity contribution in [2.45, 2.75) is 19.9 Å². The Labute approximate surface area is 163 Å². The monoisotopic (exact) mass is 377 g/mol. The number of benzene rings is 1. The van der Waals surface area contributed by atoms with Gasteiger partial charge in [-0.1, -0.05) is 30.3 Å². The summed E-state index contributed by atoms with van der Waals surface area (Å²) in [4.78, 5) is 20.7. The third kappa shape index (κ3) is 9.96. The maximum Gasteiger partial charge on any atom is 0.242 e. The van der Waals surface area contributed by atoms with E-state index in [4.69, 9.17) is 4.74 Å². The van der Waals surface area contributed by atoms with E-state index in [0.717, 1.165) is 38.2 Å². The number of rotatable bonds is 12. The molecule has 0 saturated carbocycles. The smallest absolute Gasteiger partial charge is 0.242 e. The van der Waals surface area contributed by atoms with Crippen LogP contribution >= 0.6 is 0 Å². The van der Waals surface area contributed by atoms with Crippen molar-refractivity contribution >= 4 is 11.9 Å². The molecular formula is C20H35N5O2. The van der Waals surface area contributed by atoms with Crippen LogP contribution in [-0.4, -0.2) is 82.2 Å². The number of hydrogen-bond acceptors (Lipinski definition) is 4. The first-order chi connectivity index (χ1) is 13.1. The fourth-order valence-electron chi connectivity index (χ4n) is 2.63. The molecule has 0 saturated heterocycles. The number of ether oxygens (including phenoxy) is 1. The van der Waals surface area contributed by atoms with Crippen molar-refractivity contribution in [2.75, 3.05) is 60.5 Å². The van der Waals surface area contributed by atoms with Gasteiger partial charge in [-0.05, 0) is 26.0 Å². The number of carbonyl (C=O) groups excluding carboxylic acids is 1. The van der Waals surface area contributed by atoms with Crippen LogP contribution in [-0.2, 0) is 16.1 Å². The van der Waals surface area contributed by atoms with E-state index in [0.29, 0.717) is 19.0 Å². The van der Waals surface area contributed by atoms with Gasteiger partial charge in [0.1, 0.15) is 0 Å². The Morgan fingerprint density at radius 3 is 2.56 bits per heavy atom. The maximum absolute atomic E-state index is 12.5. The van der Waals surface area contributed by atoms with Crippen LogP contribution < -0.4 is 10.6 Å². The molecule has 0 fully saturated rings. The van der Waals surface area contributed by atoms with Gasteiger partial charge in [0.25, 0.3) is 0 Å². The van der Waals surface area contributed by atoms with Gasteiger partial charge in [-0.25, -0.2) is 0 Å². The van der Waals surface area contributed by atoms with Crippen LogP contribution in [0.4, 0.5) is 0 Å². The van der Waals surface area contributed by atoms with E-state index in [1.807, 2.05) is 42.2 Å². The van der Waals surface area contributed by atoms with Gasteiger partial charge in [-0.3, -0.25) is 9.79 Å². The van der Waals surface area contributed by atoms with E-state index in [-0.39, 0.29) is 12.5 Å². The van der Waals surface area contributed by atoms with Gasteiger partial charge < -0.3 is 25.2 Å². The van der Waals surface area contributed by atoms with Gasteiger partial charge in [-0.15, -0.1) is 0 Å². The highest BCUT2D eigenvalue weighted by atomic mass is 16.5. The average molecular weight is 378 g/mol. The molecule has 7 nitrogen and oxygen atoms in total. The molecule has 0 spiro atoms. The second-order valence-corrected chi connectivity index (χ2v) is 6.40. The van der Waals surface area contributed by atoms with Gasteiger partial charge >= 0.3 is 0 Å². The predicted octanol–water partition coefficient (Wildman–Crippen LogP) is 1.17. The molecule has 1 amide bonds. The van der Waals surface area contributed by atoms with E-state index in [9.17, 15) is 4.79 Å². The number of carbonyl (C=O) groups is 1. The van der Waals surface area contributed by atoms with Crippen molar-refractivity contribution in [3.05, 3.63) is 35.9 Å². The Morgan fingerprint density at radius 2 is 1.93 bits per heavy atom. The Bertz CT molecular complexity index is 551. The van der Waals surface area contributed by atoms with Crippen molar-refractivity contribution in [1.29, 1.82) is 0 Å². The number of methoxy groups -OCH3 is 1. The van der Waals surface area contributed by atoms with Gasteiger partial charge in [-0.2, -0.15) is 0 Å². The SMILES string of the molecule is CCN(Cc1ccccc1)C(=O)CNC(=NC)NCCN(C)CCCOC. The minimum atomic E-state index is 0.0565. The Balaban J connectivity index is 2.32. The third-order valence-electron chi connectivity index (χ3n) is 4.26. The van der Waals surface area contributed by atoms with Crippen LogP contribution in [0.3, 0.4) is 0 Å². The van der Waals surface area contributed by atoms with E-state index in [1.165, 1.54) is 0 Å². The summed E-state index contributed by atoms with van der Waals surface area (Å²) in [7, 11) is 5.52. The Kier molecular flexibility index (Phi) is 11.9. The quantitative estimate of drug-likeness (QED) is 0.325. The van der Waals surface area contributed by atoms with Crippen LogP contribution in [0.25, 0.3) is 0 Å². The molecule has 1 aromatic rings. The number of hydrogen-bond donors (Lipinski definition) is 2. The molecule has 1 rings (SSSR count). The summed E-state index contributed by atoms with van der Waals surface area (Å²) >= 11 is 0. The zero-order chi connectivity index (χ0) is 19.9. The van der Waals surface area contributed by atoms with Crippen molar-refractivity contribution in [3.63, 3.8) is 0 Å². The third-order valence-corrected chi connectivity index (χ3v) is 4.26. The lowest BCUT2D eigenvalue weighted by Gasteiger charge is -2.22. The molecule has 0 heterocycles. The number of nitrogens with one attached hydrogen (secondary N) is 2. The Hall–Kier alpha value is -2.12. The summed E-state index contributed by atoms with van der Waals surface area (Å²) in [6, 6.07) is 10.0. The van der Waals surface area contributed by atoms with Gasteiger partial charge in [0.2, 0.25) is 5.91 Å². The topological polar surface area (TPSA) is 69.2 Å². The van der Waals surface area contributed by atoms with E-state index in [2.05, 4.69) is 27.6 Å². The van der Waals surface area contributed by atoms with Gasteiger partial charge in [0, 0.05) is 53.5 Å². The second-order valence-electron chi connectivity index (χ2n) is 6.40. The lowest BCUT2D eigenvalue weighted by Crippen LogP contribution is -2.46. The molecular weight excluding hydrogens is 342 g/mol. The first-order valence-electron chi connectivity index (χ1n) is 9.54. The van der Waals surface area contributed by atoms with Crippen molar-refractivity contribution in [2.24, 2.45) is 4.99 Å². The predicted molar refractivity (Wildman–Crippen MR) is 111 cm³/mol. The first kappa shape index (κ1) is 22.9. The lowest BCUT2D eigenvalue weighted by molar-refractivity contribution is -0.130. The van der Waals surface area contributed by atoms with Crippen molar-refractivity contribution in [3.8, 4) is 0 Å². The summed E-state index contributed by atoms with van der Waals surface area (Å²) in [5.41, 5.74) is 1.13. The summed E-state index contributed by atoms with van der Waals surface area (Å²) in [6.07, 6.45) is 1.02. The molecule has 0 aliphatic carbocycles. The second kappa shape index (κ2) is 14.0. The summed E-state index contributed by atoms with van der Waals surface area (Å²) in [6.45, 7) is 6.94.